The fourth-order valence-electron chi connectivity index (χ4n) is 6.22. The number of unbranched alkanes of at least 4 members (excludes halogenated alkanes) is 24. The first kappa shape index (κ1) is 44.0. The zero-order chi connectivity index (χ0) is 31.8. The molecule has 0 bridgehead atoms. The summed E-state index contributed by atoms with van der Waals surface area (Å²) in [7, 11) is 0. The molecule has 0 aromatic carbocycles. The van der Waals surface area contributed by atoms with Gasteiger partial charge in [-0.1, -0.05) is 161 Å². The van der Waals surface area contributed by atoms with Gasteiger partial charge in [-0.25, -0.2) is 4.57 Å². The zero-order valence-corrected chi connectivity index (χ0v) is 31.0. The van der Waals surface area contributed by atoms with Gasteiger partial charge in [0.15, 0.2) is 12.4 Å². The van der Waals surface area contributed by atoms with Gasteiger partial charge in [-0.3, -0.25) is 4.79 Å². The van der Waals surface area contributed by atoms with E-state index in [4.69, 9.17) is 0 Å². The van der Waals surface area contributed by atoms with Crippen LogP contribution in [0.2, 0.25) is 0 Å². The highest BCUT2D eigenvalue weighted by atomic mass is 79.9. The number of halogens is 1. The van der Waals surface area contributed by atoms with Gasteiger partial charge in [0.05, 0.1) is 18.8 Å². The van der Waals surface area contributed by atoms with Crippen molar-refractivity contribution in [2.45, 2.75) is 205 Å². The lowest BCUT2D eigenvalue weighted by atomic mass is 10.0. The largest absolute Gasteiger partial charge is 1.00 e. The smallest absolute Gasteiger partial charge is 0.220 e. The van der Waals surface area contributed by atoms with Crippen molar-refractivity contribution in [2.24, 2.45) is 0 Å². The number of aryl methyl sites for hydroxylation is 1. The molecule has 1 aromatic rings. The Bertz CT molecular complexity index is 736. The Kier molecular flexibility index (Phi) is 33.6. The summed E-state index contributed by atoms with van der Waals surface area (Å²) in [5.41, 5.74) is 0. The van der Waals surface area contributed by atoms with E-state index in [2.05, 4.69) is 47.4 Å². The Morgan fingerprint density at radius 2 is 1.00 bits per heavy atom. The number of aromatic nitrogens is 1. The summed E-state index contributed by atoms with van der Waals surface area (Å²) >= 11 is 0. The molecule has 0 aliphatic carbocycles. The van der Waals surface area contributed by atoms with Crippen LogP contribution in [0.5, 0.6) is 0 Å². The van der Waals surface area contributed by atoms with Crippen molar-refractivity contribution in [3.8, 4) is 0 Å². The van der Waals surface area contributed by atoms with Crippen LogP contribution in [-0.4, -0.2) is 34.9 Å². The van der Waals surface area contributed by atoms with Crippen LogP contribution in [0, 0.1) is 0 Å². The number of hydrogen-bond donors (Lipinski definition) is 3. The molecule has 2 atom stereocenters. The summed E-state index contributed by atoms with van der Waals surface area (Å²) in [6, 6.07) is 5.74. The third kappa shape index (κ3) is 28.9. The van der Waals surface area contributed by atoms with Gasteiger partial charge in [0.2, 0.25) is 5.91 Å². The quantitative estimate of drug-likeness (QED) is 0.0562. The van der Waals surface area contributed by atoms with E-state index < -0.39 is 12.1 Å². The number of aliphatic hydroxyl groups excluding tert-OH is 2. The predicted molar refractivity (Wildman–Crippen MR) is 187 cm³/mol. The fourth-order valence-corrected chi connectivity index (χ4v) is 6.22. The molecule has 0 saturated heterocycles. The number of carbonyl (C=O) groups is 1. The van der Waals surface area contributed by atoms with Gasteiger partial charge < -0.3 is 32.5 Å². The van der Waals surface area contributed by atoms with Crippen molar-refractivity contribution in [1.29, 1.82) is 0 Å². The van der Waals surface area contributed by atoms with E-state index in [1.165, 1.54) is 141 Å². The molecule has 0 radical (unpaired) electrons. The maximum Gasteiger partial charge on any atom is 0.220 e. The molecule has 0 spiro atoms. The summed E-state index contributed by atoms with van der Waals surface area (Å²) in [6.45, 7) is 3.21. The third-order valence-electron chi connectivity index (χ3n) is 9.21. The number of hydrogen-bond acceptors (Lipinski definition) is 3. The van der Waals surface area contributed by atoms with E-state index in [0.717, 1.165) is 32.2 Å². The zero-order valence-electron chi connectivity index (χ0n) is 29.4. The van der Waals surface area contributed by atoms with Crippen LogP contribution < -0.4 is 26.9 Å². The van der Waals surface area contributed by atoms with E-state index in [0.29, 0.717) is 12.8 Å². The number of rotatable bonds is 33. The first-order valence-electron chi connectivity index (χ1n) is 19.2. The Labute approximate surface area is 289 Å². The predicted octanol–water partition coefficient (Wildman–Crippen LogP) is 6.76. The van der Waals surface area contributed by atoms with Gasteiger partial charge in [-0.15, -0.1) is 0 Å². The number of amides is 1. The molecule has 0 aliphatic rings. The highest BCUT2D eigenvalue weighted by Gasteiger charge is 2.20. The Morgan fingerprint density at radius 3 is 1.44 bits per heavy atom. The van der Waals surface area contributed by atoms with Crippen molar-refractivity contribution in [1.82, 2.24) is 5.32 Å². The minimum atomic E-state index is -0.657. The van der Waals surface area contributed by atoms with Gasteiger partial charge >= 0.3 is 0 Å². The van der Waals surface area contributed by atoms with Crippen LogP contribution in [0.25, 0.3) is 0 Å². The molecule has 1 heterocycles. The molecule has 45 heavy (non-hydrogen) atoms. The fraction of sp³-hybridized carbons (Fsp3) is 0.846. The van der Waals surface area contributed by atoms with Crippen molar-refractivity contribution in [3.63, 3.8) is 0 Å². The monoisotopic (exact) mass is 696 g/mol. The van der Waals surface area contributed by atoms with Crippen LogP contribution in [0.15, 0.2) is 30.6 Å². The van der Waals surface area contributed by atoms with Crippen LogP contribution in [0.4, 0.5) is 0 Å². The van der Waals surface area contributed by atoms with Gasteiger partial charge in [0.25, 0.3) is 0 Å². The number of pyridine rings is 1. The number of carbonyl (C=O) groups excluding carboxylic acids is 1. The van der Waals surface area contributed by atoms with Crippen molar-refractivity contribution in [2.75, 3.05) is 6.61 Å². The summed E-state index contributed by atoms with van der Waals surface area (Å²) in [5.74, 6) is -0.0349. The van der Waals surface area contributed by atoms with E-state index in [9.17, 15) is 15.0 Å². The lowest BCUT2D eigenvalue weighted by Gasteiger charge is -2.22. The third-order valence-corrected chi connectivity index (χ3v) is 9.21. The highest BCUT2D eigenvalue weighted by molar-refractivity contribution is 5.76. The van der Waals surface area contributed by atoms with Crippen molar-refractivity contribution >= 4 is 5.91 Å². The first-order valence-corrected chi connectivity index (χ1v) is 19.2. The van der Waals surface area contributed by atoms with E-state index >= 15 is 0 Å². The van der Waals surface area contributed by atoms with Crippen molar-refractivity contribution in [3.05, 3.63) is 30.6 Å². The molecule has 1 rings (SSSR count). The average molecular weight is 698 g/mol. The lowest BCUT2D eigenvalue weighted by molar-refractivity contribution is -0.697. The average Bonchev–Trinajstić information content (AvgIpc) is 3.04. The van der Waals surface area contributed by atoms with E-state index in [-0.39, 0.29) is 29.5 Å². The van der Waals surface area contributed by atoms with Crippen LogP contribution >= 0.6 is 0 Å². The molecule has 1 aromatic heterocycles. The Balaban J connectivity index is 0.0000194. The van der Waals surface area contributed by atoms with Gasteiger partial charge in [0.1, 0.15) is 6.54 Å². The molecular weight excluding hydrogens is 624 g/mol. The Hall–Kier alpha value is -0.980. The molecule has 5 nitrogen and oxygen atoms in total. The highest BCUT2D eigenvalue weighted by Crippen LogP contribution is 2.15. The molecule has 3 N–H and O–H groups in total. The van der Waals surface area contributed by atoms with E-state index in [1.54, 1.807) is 0 Å². The summed E-state index contributed by atoms with van der Waals surface area (Å²) in [5, 5.41) is 23.1. The minimum Gasteiger partial charge on any atom is -1.00 e. The second-order valence-corrected chi connectivity index (χ2v) is 13.4. The molecule has 0 saturated carbocycles. The normalized spacial score (nSPS) is 12.5. The molecule has 0 aliphatic heterocycles. The Morgan fingerprint density at radius 1 is 0.600 bits per heavy atom. The molecule has 264 valence electrons. The molecular formula is C39H73BrN2O3. The van der Waals surface area contributed by atoms with Crippen LogP contribution in [0.3, 0.4) is 0 Å². The standard InChI is InChI=1S/C39H72N2O3.BrH/c1-2-3-4-5-6-7-8-10-13-16-19-22-26-31-38(43)37(36-42)40-39(44)32-27-23-20-17-14-11-9-12-15-18-21-24-28-33-41-34-29-25-30-35-41;/h25,29-30,34-35,37-38,42-43H,2-24,26-28,31-33,36H2,1H3;1H/t37-,38-;/m1./s1. The summed E-state index contributed by atoms with van der Waals surface area (Å²) in [4.78, 5) is 12.4. The minimum absolute atomic E-state index is 0. The SMILES string of the molecule is CCCCCCCCCCCCCCC[C@@H](O)[C@@H](CO)NC(=O)CCCCCCCCCCCCCCC[n+]1ccccc1.[Br-]. The first-order chi connectivity index (χ1) is 21.7. The summed E-state index contributed by atoms with van der Waals surface area (Å²) in [6.07, 6.45) is 38.2. The van der Waals surface area contributed by atoms with Crippen LogP contribution in [0.1, 0.15) is 187 Å². The number of nitrogens with zero attached hydrogens (tertiary/aromatic N) is 1. The van der Waals surface area contributed by atoms with Crippen molar-refractivity contribution < 1.29 is 36.6 Å². The van der Waals surface area contributed by atoms with Gasteiger partial charge in [-0.05, 0) is 19.3 Å². The number of aliphatic hydroxyl groups is 2. The van der Waals surface area contributed by atoms with Crippen LogP contribution in [-0.2, 0) is 11.3 Å². The van der Waals surface area contributed by atoms with Gasteiger partial charge in [0, 0.05) is 25.0 Å². The summed E-state index contributed by atoms with van der Waals surface area (Å²) < 4.78 is 2.27. The molecule has 0 fully saturated rings. The maximum absolute atomic E-state index is 12.4. The number of nitrogens with one attached hydrogen (secondary N) is 1. The van der Waals surface area contributed by atoms with Gasteiger partial charge in [-0.2, -0.15) is 0 Å². The lowest BCUT2D eigenvalue weighted by Crippen LogP contribution is -3.00. The second-order valence-electron chi connectivity index (χ2n) is 13.4. The molecule has 0 unspecified atom stereocenters. The molecule has 1 amide bonds. The van der Waals surface area contributed by atoms with E-state index in [1.807, 2.05) is 0 Å². The topological polar surface area (TPSA) is 73.4 Å². The second kappa shape index (κ2) is 34.4. The molecule has 6 heteroatoms. The maximum atomic E-state index is 12.4.